The molecule has 0 aromatic rings. The molecule has 1 heterocycles. The number of esters is 1. The average Bonchev–Trinajstić information content (AvgIpc) is 2.88. The van der Waals surface area contributed by atoms with Gasteiger partial charge in [0.25, 0.3) is 5.91 Å². The monoisotopic (exact) mass is 399 g/mol. The van der Waals surface area contributed by atoms with Gasteiger partial charge in [-0.15, -0.1) is 11.8 Å². The Balaban J connectivity index is 2.48. The third-order valence-corrected chi connectivity index (χ3v) is 4.62. The lowest BCUT2D eigenvalue weighted by atomic mass is 10.1. The van der Waals surface area contributed by atoms with Crippen molar-refractivity contribution in [3.05, 3.63) is 12.2 Å². The summed E-state index contributed by atoms with van der Waals surface area (Å²) >= 11 is 0. The molecular formula is C21H31F2NO4. The number of unbranched alkanes of at least 4 members (excludes halogenated alkanes) is 3. The molecule has 1 rings (SSSR count). The van der Waals surface area contributed by atoms with Crippen LogP contribution in [-0.2, 0) is 14.3 Å². The van der Waals surface area contributed by atoms with Crippen LogP contribution in [-0.4, -0.2) is 53.6 Å². The zero-order valence-corrected chi connectivity index (χ0v) is 16.8. The van der Waals surface area contributed by atoms with Crippen LogP contribution in [0.4, 0.5) is 8.78 Å². The SMILES string of the molecule is CCC#CCCC(O)/C=C/[C@H]1CC(F)(F)C(=O)N1CCCCCCC(=O)OC. The minimum Gasteiger partial charge on any atom is -0.469 e. The second-order valence-electron chi connectivity index (χ2n) is 6.91. The highest BCUT2D eigenvalue weighted by Gasteiger charge is 2.52. The van der Waals surface area contributed by atoms with Crippen molar-refractivity contribution in [2.45, 2.75) is 82.8 Å². The van der Waals surface area contributed by atoms with Crippen molar-refractivity contribution >= 4 is 11.9 Å². The van der Waals surface area contributed by atoms with Gasteiger partial charge >= 0.3 is 11.9 Å². The largest absolute Gasteiger partial charge is 0.469 e. The summed E-state index contributed by atoms with van der Waals surface area (Å²) in [6.07, 6.45) is 6.48. The van der Waals surface area contributed by atoms with Gasteiger partial charge in [-0.2, -0.15) is 8.78 Å². The summed E-state index contributed by atoms with van der Waals surface area (Å²) in [5, 5.41) is 9.95. The van der Waals surface area contributed by atoms with Crippen molar-refractivity contribution in [3.8, 4) is 11.8 Å². The number of ether oxygens (including phenoxy) is 1. The maximum atomic E-state index is 13.9. The highest BCUT2D eigenvalue weighted by atomic mass is 19.3. The molecule has 1 saturated heterocycles. The molecule has 1 aliphatic heterocycles. The van der Waals surface area contributed by atoms with Gasteiger partial charge < -0.3 is 14.7 Å². The van der Waals surface area contributed by atoms with E-state index in [1.807, 2.05) is 6.92 Å². The fourth-order valence-electron chi connectivity index (χ4n) is 3.05. The molecule has 0 radical (unpaired) electrons. The summed E-state index contributed by atoms with van der Waals surface area (Å²) in [6, 6.07) is -0.714. The number of hydrogen-bond donors (Lipinski definition) is 1. The van der Waals surface area contributed by atoms with Gasteiger partial charge in [0.1, 0.15) is 0 Å². The Kier molecular flexibility index (Phi) is 10.8. The van der Waals surface area contributed by atoms with Crippen molar-refractivity contribution in [2.75, 3.05) is 13.7 Å². The zero-order valence-electron chi connectivity index (χ0n) is 16.8. The number of carbonyl (C=O) groups excluding carboxylic acids is 2. The van der Waals surface area contributed by atoms with E-state index in [4.69, 9.17) is 0 Å². The molecule has 1 fully saturated rings. The quantitative estimate of drug-likeness (QED) is 0.250. The van der Waals surface area contributed by atoms with Gasteiger partial charge in [-0.25, -0.2) is 0 Å². The van der Waals surface area contributed by atoms with Gasteiger partial charge in [0.05, 0.1) is 19.3 Å². The Hall–Kier alpha value is -1.94. The van der Waals surface area contributed by atoms with E-state index in [2.05, 4.69) is 16.6 Å². The number of methoxy groups -OCH3 is 1. The topological polar surface area (TPSA) is 66.8 Å². The van der Waals surface area contributed by atoms with Gasteiger partial charge in [-0.05, 0) is 19.3 Å². The molecule has 1 unspecified atom stereocenters. The molecule has 5 nitrogen and oxygen atoms in total. The summed E-state index contributed by atoms with van der Waals surface area (Å²) in [4.78, 5) is 24.2. The van der Waals surface area contributed by atoms with Crippen LogP contribution in [0.5, 0.6) is 0 Å². The number of aliphatic hydroxyl groups is 1. The van der Waals surface area contributed by atoms with Crippen molar-refractivity contribution < 1.29 is 28.2 Å². The van der Waals surface area contributed by atoms with Crippen molar-refractivity contribution in [2.24, 2.45) is 0 Å². The number of aliphatic hydroxyl groups excluding tert-OH is 1. The van der Waals surface area contributed by atoms with Crippen LogP contribution < -0.4 is 0 Å². The highest BCUT2D eigenvalue weighted by molar-refractivity contribution is 5.86. The predicted octanol–water partition coefficient (Wildman–Crippen LogP) is 3.46. The molecule has 0 aliphatic carbocycles. The first-order valence-electron chi connectivity index (χ1n) is 9.89. The second-order valence-corrected chi connectivity index (χ2v) is 6.91. The van der Waals surface area contributed by atoms with Gasteiger partial charge in [0.2, 0.25) is 0 Å². The predicted molar refractivity (Wildman–Crippen MR) is 103 cm³/mol. The molecule has 0 spiro atoms. The summed E-state index contributed by atoms with van der Waals surface area (Å²) in [7, 11) is 1.34. The van der Waals surface area contributed by atoms with Crippen LogP contribution in [0.2, 0.25) is 0 Å². The molecule has 0 aromatic heterocycles. The fourth-order valence-corrected chi connectivity index (χ4v) is 3.05. The molecule has 28 heavy (non-hydrogen) atoms. The molecule has 0 bridgehead atoms. The maximum Gasteiger partial charge on any atom is 0.327 e. The molecule has 7 heteroatoms. The Labute approximate surface area is 166 Å². The van der Waals surface area contributed by atoms with E-state index in [1.54, 1.807) is 0 Å². The number of likely N-dealkylation sites (tertiary alicyclic amines) is 1. The lowest BCUT2D eigenvalue weighted by molar-refractivity contribution is -0.148. The lowest BCUT2D eigenvalue weighted by Gasteiger charge is -2.22. The first kappa shape index (κ1) is 24.1. The normalized spacial score (nSPS) is 19.5. The first-order chi connectivity index (χ1) is 13.3. The number of carbonyl (C=O) groups is 2. The fraction of sp³-hybridized carbons (Fsp3) is 0.714. The maximum absolute atomic E-state index is 13.9. The summed E-state index contributed by atoms with van der Waals surface area (Å²) in [6.45, 7) is 2.17. The molecule has 0 aromatic carbocycles. The second kappa shape index (κ2) is 12.5. The minimum atomic E-state index is -3.36. The molecule has 1 aliphatic rings. The number of alkyl halides is 2. The molecule has 1 amide bonds. The van der Waals surface area contributed by atoms with E-state index < -0.39 is 30.4 Å². The minimum absolute atomic E-state index is 0.236. The number of nitrogens with zero attached hydrogens (tertiary/aromatic N) is 1. The molecular weight excluding hydrogens is 368 g/mol. The van der Waals surface area contributed by atoms with Crippen LogP contribution in [0.25, 0.3) is 0 Å². The third kappa shape index (κ3) is 8.39. The Morgan fingerprint density at radius 1 is 1.36 bits per heavy atom. The van der Waals surface area contributed by atoms with Gasteiger partial charge in [-0.3, -0.25) is 9.59 Å². The average molecular weight is 399 g/mol. The van der Waals surface area contributed by atoms with Crippen LogP contribution in [0.3, 0.4) is 0 Å². The standard InChI is InChI=1S/C21H31F2NO4/c1-3-4-5-8-11-18(25)14-13-17-16-21(22,23)20(27)24(17)15-10-7-6-9-12-19(26)28-2/h13-14,17-18,25H,3,6-12,15-16H2,1-2H3/b14-13+/t17-,18?/m0/s1. The van der Waals surface area contributed by atoms with Gasteiger partial charge in [0.15, 0.2) is 0 Å². The number of halogens is 2. The van der Waals surface area contributed by atoms with Gasteiger partial charge in [-0.1, -0.05) is 31.9 Å². The van der Waals surface area contributed by atoms with Crippen LogP contribution in [0.15, 0.2) is 12.2 Å². The van der Waals surface area contributed by atoms with Crippen LogP contribution in [0.1, 0.15) is 64.7 Å². The number of hydrogen-bond acceptors (Lipinski definition) is 4. The molecule has 0 saturated carbocycles. The van der Waals surface area contributed by atoms with E-state index in [0.29, 0.717) is 32.1 Å². The molecule has 1 N–H and O–H groups in total. The summed E-state index contributed by atoms with van der Waals surface area (Å²) < 4.78 is 32.3. The van der Waals surface area contributed by atoms with E-state index in [-0.39, 0.29) is 12.5 Å². The van der Waals surface area contributed by atoms with Crippen LogP contribution >= 0.6 is 0 Å². The first-order valence-corrected chi connectivity index (χ1v) is 9.89. The van der Waals surface area contributed by atoms with E-state index in [1.165, 1.54) is 24.2 Å². The Bertz CT molecular complexity index is 595. The van der Waals surface area contributed by atoms with E-state index in [0.717, 1.165) is 19.3 Å². The Morgan fingerprint density at radius 3 is 2.75 bits per heavy atom. The van der Waals surface area contributed by atoms with Crippen LogP contribution in [0, 0.1) is 11.8 Å². The van der Waals surface area contributed by atoms with E-state index in [9.17, 15) is 23.5 Å². The smallest absolute Gasteiger partial charge is 0.327 e. The van der Waals surface area contributed by atoms with Crippen molar-refractivity contribution in [3.63, 3.8) is 0 Å². The highest BCUT2D eigenvalue weighted by Crippen LogP contribution is 2.34. The lowest BCUT2D eigenvalue weighted by Crippen LogP contribution is -2.36. The zero-order chi connectivity index (χ0) is 21.0. The van der Waals surface area contributed by atoms with Crippen molar-refractivity contribution in [1.29, 1.82) is 0 Å². The summed E-state index contributed by atoms with van der Waals surface area (Å²) in [5.74, 6) is 1.05. The molecule has 158 valence electrons. The number of rotatable bonds is 11. The number of amides is 1. The summed E-state index contributed by atoms with van der Waals surface area (Å²) in [5.41, 5.74) is 0. The molecule has 2 atom stereocenters. The van der Waals surface area contributed by atoms with Gasteiger partial charge in [0, 0.05) is 32.2 Å². The Morgan fingerprint density at radius 2 is 2.07 bits per heavy atom. The van der Waals surface area contributed by atoms with E-state index >= 15 is 0 Å². The van der Waals surface area contributed by atoms with Crippen molar-refractivity contribution in [1.82, 2.24) is 4.90 Å². The third-order valence-electron chi connectivity index (χ3n) is 4.62.